The van der Waals surface area contributed by atoms with Crippen molar-refractivity contribution in [3.05, 3.63) is 11.9 Å². The van der Waals surface area contributed by atoms with Gasteiger partial charge in [-0.05, 0) is 39.8 Å². The molecule has 1 unspecified atom stereocenters. The van der Waals surface area contributed by atoms with E-state index in [2.05, 4.69) is 32.5 Å². The number of nitrogens with two attached hydrogens (primary N) is 1. The third-order valence-corrected chi connectivity index (χ3v) is 3.70. The summed E-state index contributed by atoms with van der Waals surface area (Å²) in [5.74, 6) is 7.45. The van der Waals surface area contributed by atoms with Crippen LogP contribution in [0.2, 0.25) is 0 Å². The monoisotopic (exact) mass is 294 g/mol. The Morgan fingerprint density at radius 3 is 2.71 bits per heavy atom. The minimum absolute atomic E-state index is 0.391. The molecule has 7 nitrogen and oxygen atoms in total. The Bertz CT molecular complexity index is 435. The first-order chi connectivity index (χ1) is 10.2. The van der Waals surface area contributed by atoms with Crippen LogP contribution >= 0.6 is 0 Å². The van der Waals surface area contributed by atoms with E-state index in [1.54, 1.807) is 0 Å². The molecule has 1 aromatic rings. The van der Waals surface area contributed by atoms with Gasteiger partial charge >= 0.3 is 0 Å². The average molecular weight is 294 g/mol. The largest absolute Gasteiger partial charge is 0.374 e. The van der Waals surface area contributed by atoms with Crippen LogP contribution in [0.1, 0.15) is 32.5 Å². The molecule has 0 amide bonds. The minimum Gasteiger partial charge on any atom is -0.374 e. The van der Waals surface area contributed by atoms with E-state index in [4.69, 9.17) is 10.6 Å². The Kier molecular flexibility index (Phi) is 6.16. The fourth-order valence-electron chi connectivity index (χ4n) is 2.48. The number of likely N-dealkylation sites (tertiary alicyclic amines) is 1. The number of hydrogen-bond donors (Lipinski definition) is 3. The first-order valence-electron chi connectivity index (χ1n) is 7.63. The Balaban J connectivity index is 1.94. The van der Waals surface area contributed by atoms with Crippen LogP contribution < -0.4 is 16.6 Å². The molecule has 1 aliphatic rings. The van der Waals surface area contributed by atoms with Gasteiger partial charge in [0.25, 0.3) is 0 Å². The summed E-state index contributed by atoms with van der Waals surface area (Å²) in [7, 11) is 0. The van der Waals surface area contributed by atoms with E-state index in [-0.39, 0.29) is 0 Å². The van der Waals surface area contributed by atoms with E-state index in [0.717, 1.165) is 12.4 Å². The molecule has 0 radical (unpaired) electrons. The number of rotatable bonds is 8. The average Bonchev–Trinajstić information content (AvgIpc) is 3.04. The van der Waals surface area contributed by atoms with E-state index >= 15 is 0 Å². The first kappa shape index (κ1) is 15.9. The number of nitrogens with one attached hydrogen (secondary N) is 2. The molecule has 1 saturated heterocycles. The number of hydrogen-bond acceptors (Lipinski definition) is 7. The number of ether oxygens (including phenoxy) is 1. The van der Waals surface area contributed by atoms with Crippen molar-refractivity contribution in [2.75, 3.05) is 37.0 Å². The fourth-order valence-corrected chi connectivity index (χ4v) is 2.48. The minimum atomic E-state index is 0.391. The number of hydrazine groups is 1. The molecule has 4 N–H and O–H groups in total. The number of nitrogens with zero attached hydrogens (tertiary/aromatic N) is 3. The Morgan fingerprint density at radius 1 is 1.33 bits per heavy atom. The van der Waals surface area contributed by atoms with Crippen LogP contribution in [0, 0.1) is 0 Å². The van der Waals surface area contributed by atoms with Crippen molar-refractivity contribution in [3.8, 4) is 0 Å². The number of nitrogen functional groups attached to an aromatic ring is 1. The maximum absolute atomic E-state index is 5.45. The summed E-state index contributed by atoms with van der Waals surface area (Å²) >= 11 is 0. The molecule has 118 valence electrons. The molecule has 1 aliphatic heterocycles. The summed E-state index contributed by atoms with van der Waals surface area (Å²) in [6, 6.07) is 2.30. The third kappa shape index (κ3) is 4.80. The van der Waals surface area contributed by atoms with Crippen LogP contribution in [0.25, 0.3) is 0 Å². The predicted molar refractivity (Wildman–Crippen MR) is 83.9 cm³/mol. The second kappa shape index (κ2) is 8.11. The smallest absolute Gasteiger partial charge is 0.158 e. The molecule has 0 aromatic carbocycles. The van der Waals surface area contributed by atoms with Gasteiger partial charge in [0.05, 0.1) is 0 Å². The van der Waals surface area contributed by atoms with Crippen LogP contribution in [0.15, 0.2) is 6.07 Å². The molecular weight excluding hydrogens is 268 g/mol. The topological polar surface area (TPSA) is 88.3 Å². The molecule has 1 fully saturated rings. The van der Waals surface area contributed by atoms with Gasteiger partial charge in [-0.15, -0.1) is 0 Å². The maximum Gasteiger partial charge on any atom is 0.158 e. The summed E-state index contributed by atoms with van der Waals surface area (Å²) < 4.78 is 5.35. The highest BCUT2D eigenvalue weighted by molar-refractivity contribution is 5.46. The second-order valence-electron chi connectivity index (χ2n) is 5.31. The predicted octanol–water partition coefficient (Wildman–Crippen LogP) is 1.19. The Morgan fingerprint density at radius 2 is 2.05 bits per heavy atom. The van der Waals surface area contributed by atoms with Gasteiger partial charge < -0.3 is 15.5 Å². The van der Waals surface area contributed by atoms with Crippen LogP contribution in [0.3, 0.4) is 0 Å². The number of anilines is 2. The van der Waals surface area contributed by atoms with Crippen LogP contribution in [-0.2, 0) is 11.3 Å². The molecule has 7 heteroatoms. The summed E-state index contributed by atoms with van der Waals surface area (Å²) in [6.45, 7) is 8.45. The molecule has 2 rings (SSSR count). The van der Waals surface area contributed by atoms with Crippen molar-refractivity contribution in [3.63, 3.8) is 0 Å². The van der Waals surface area contributed by atoms with Gasteiger partial charge in [0.15, 0.2) is 5.82 Å². The highest BCUT2D eigenvalue weighted by Crippen LogP contribution is 2.14. The lowest BCUT2D eigenvalue weighted by atomic mass is 10.3. The van der Waals surface area contributed by atoms with Crippen molar-refractivity contribution in [1.82, 2.24) is 14.9 Å². The number of aromatic nitrogens is 2. The van der Waals surface area contributed by atoms with Gasteiger partial charge in [-0.25, -0.2) is 15.8 Å². The van der Waals surface area contributed by atoms with E-state index in [9.17, 15) is 0 Å². The van der Waals surface area contributed by atoms with Gasteiger partial charge in [0.1, 0.15) is 18.2 Å². The highest BCUT2D eigenvalue weighted by Gasteiger charge is 2.17. The molecule has 21 heavy (non-hydrogen) atoms. The molecular formula is C14H26N6O. The van der Waals surface area contributed by atoms with E-state index in [0.29, 0.717) is 30.9 Å². The molecule has 0 bridgehead atoms. The first-order valence-corrected chi connectivity index (χ1v) is 7.63. The van der Waals surface area contributed by atoms with Gasteiger partial charge in [-0.2, -0.15) is 0 Å². The molecule has 1 aromatic heterocycles. The lowest BCUT2D eigenvalue weighted by molar-refractivity contribution is 0.128. The van der Waals surface area contributed by atoms with Crippen LogP contribution in [-0.4, -0.2) is 47.2 Å². The van der Waals surface area contributed by atoms with Crippen molar-refractivity contribution < 1.29 is 4.74 Å². The lowest BCUT2D eigenvalue weighted by Crippen LogP contribution is -2.35. The van der Waals surface area contributed by atoms with E-state index in [1.165, 1.54) is 25.9 Å². The summed E-state index contributed by atoms with van der Waals surface area (Å²) in [6.07, 6.45) is 2.61. The lowest BCUT2D eigenvalue weighted by Gasteiger charge is -2.24. The normalized spacial score (nSPS) is 16.9. The molecule has 0 spiro atoms. The van der Waals surface area contributed by atoms with Crippen molar-refractivity contribution in [1.29, 1.82) is 0 Å². The van der Waals surface area contributed by atoms with Crippen molar-refractivity contribution >= 4 is 11.6 Å². The van der Waals surface area contributed by atoms with E-state index < -0.39 is 0 Å². The van der Waals surface area contributed by atoms with Gasteiger partial charge in [-0.3, -0.25) is 4.90 Å². The quantitative estimate of drug-likeness (QED) is 0.490. The van der Waals surface area contributed by atoms with Crippen LogP contribution in [0.4, 0.5) is 11.6 Å². The molecule has 2 heterocycles. The highest BCUT2D eigenvalue weighted by atomic mass is 16.5. The van der Waals surface area contributed by atoms with Crippen molar-refractivity contribution in [2.24, 2.45) is 5.84 Å². The fraction of sp³-hybridized carbons (Fsp3) is 0.714. The third-order valence-electron chi connectivity index (χ3n) is 3.70. The standard InChI is InChI=1S/C14H26N6O/c1-3-21-10-14-17-12(8-13(18-14)19-15)16-9-11(2)20-6-4-5-7-20/h8,11H,3-7,9-10,15H2,1-2H3,(H2,16,17,18,19). The zero-order chi connectivity index (χ0) is 15.1. The summed E-state index contributed by atoms with van der Waals surface area (Å²) in [5, 5.41) is 3.37. The van der Waals surface area contributed by atoms with Crippen LogP contribution in [0.5, 0.6) is 0 Å². The molecule has 0 saturated carbocycles. The zero-order valence-corrected chi connectivity index (χ0v) is 12.9. The maximum atomic E-state index is 5.45. The second-order valence-corrected chi connectivity index (χ2v) is 5.31. The van der Waals surface area contributed by atoms with Gasteiger partial charge in [-0.1, -0.05) is 0 Å². The Labute approximate surface area is 126 Å². The summed E-state index contributed by atoms with van der Waals surface area (Å²) in [4.78, 5) is 11.2. The summed E-state index contributed by atoms with van der Waals surface area (Å²) in [5.41, 5.74) is 2.57. The van der Waals surface area contributed by atoms with Crippen molar-refractivity contribution in [2.45, 2.75) is 39.3 Å². The molecule has 0 aliphatic carbocycles. The SMILES string of the molecule is CCOCc1nc(NN)cc(NCC(C)N2CCCC2)n1. The van der Waals surface area contributed by atoms with Gasteiger partial charge in [0, 0.05) is 25.3 Å². The zero-order valence-electron chi connectivity index (χ0n) is 12.9. The Hall–Kier alpha value is -1.44. The van der Waals surface area contributed by atoms with Gasteiger partial charge in [0.2, 0.25) is 0 Å². The van der Waals surface area contributed by atoms with E-state index in [1.807, 2.05) is 13.0 Å². The molecule has 1 atom stereocenters.